The zero-order valence-corrected chi connectivity index (χ0v) is 11.4. The van der Waals surface area contributed by atoms with E-state index in [-0.39, 0.29) is 13.2 Å². The molecule has 0 spiro atoms. The van der Waals surface area contributed by atoms with Crippen molar-refractivity contribution < 1.29 is 14.3 Å². The van der Waals surface area contributed by atoms with Gasteiger partial charge in [0.2, 0.25) is 5.89 Å². The van der Waals surface area contributed by atoms with Crippen LogP contribution in [0.4, 0.5) is 0 Å². The third kappa shape index (κ3) is 3.96. The van der Waals surface area contributed by atoms with E-state index in [4.69, 9.17) is 9.15 Å². The molecule has 0 amide bonds. The van der Waals surface area contributed by atoms with Crippen LogP contribution in [0.2, 0.25) is 0 Å². The summed E-state index contributed by atoms with van der Waals surface area (Å²) < 4.78 is 11.5. The first-order valence-corrected chi connectivity index (χ1v) is 6.61. The average Bonchev–Trinajstić information content (AvgIpc) is 2.78. The van der Waals surface area contributed by atoms with Crippen molar-refractivity contribution in [2.24, 2.45) is 0 Å². The predicted molar refractivity (Wildman–Crippen MR) is 72.7 cm³/mol. The number of aliphatic hydroxyl groups is 1. The number of para-hydroxylation sites is 1. The number of rotatable bonds is 7. The quantitative estimate of drug-likeness (QED) is 0.824. The van der Waals surface area contributed by atoms with Crippen LogP contribution in [0, 0.1) is 0 Å². The standard InChI is InChI=1S/C14H18N2O4/c1-2-6-13-15-16(14(18)20-13)9-11(17)10-19-12-7-4-3-5-8-12/h3-5,7-8,11,17H,2,6,9-10H2,1H3/t11-/m0/s1. The molecule has 20 heavy (non-hydrogen) atoms. The number of aryl methyl sites for hydroxylation is 1. The first-order chi connectivity index (χ1) is 9.69. The Labute approximate surface area is 116 Å². The lowest BCUT2D eigenvalue weighted by molar-refractivity contribution is 0.0875. The van der Waals surface area contributed by atoms with Crippen LogP contribution >= 0.6 is 0 Å². The van der Waals surface area contributed by atoms with Gasteiger partial charge in [0.05, 0.1) is 6.54 Å². The molecule has 1 aromatic carbocycles. The van der Waals surface area contributed by atoms with Gasteiger partial charge in [-0.05, 0) is 18.6 Å². The summed E-state index contributed by atoms with van der Waals surface area (Å²) >= 11 is 0. The average molecular weight is 278 g/mol. The molecule has 0 aliphatic rings. The van der Waals surface area contributed by atoms with E-state index >= 15 is 0 Å². The first-order valence-electron chi connectivity index (χ1n) is 6.61. The van der Waals surface area contributed by atoms with Crippen molar-refractivity contribution in [3.63, 3.8) is 0 Å². The van der Waals surface area contributed by atoms with E-state index in [9.17, 15) is 9.90 Å². The van der Waals surface area contributed by atoms with E-state index in [1.54, 1.807) is 12.1 Å². The Bertz CT molecular complexity index is 576. The van der Waals surface area contributed by atoms with Gasteiger partial charge in [-0.2, -0.15) is 4.68 Å². The van der Waals surface area contributed by atoms with Gasteiger partial charge in [-0.1, -0.05) is 25.1 Å². The molecule has 1 N–H and O–H groups in total. The second-order valence-corrected chi connectivity index (χ2v) is 4.47. The van der Waals surface area contributed by atoms with E-state index in [1.807, 2.05) is 25.1 Å². The van der Waals surface area contributed by atoms with Crippen LogP contribution in [-0.4, -0.2) is 27.6 Å². The molecule has 6 nitrogen and oxygen atoms in total. The highest BCUT2D eigenvalue weighted by Crippen LogP contribution is 2.08. The number of nitrogens with zero attached hydrogens (tertiary/aromatic N) is 2. The minimum absolute atomic E-state index is 0.0544. The third-order valence-corrected chi connectivity index (χ3v) is 2.68. The Morgan fingerprint density at radius 1 is 1.40 bits per heavy atom. The SMILES string of the molecule is CCCc1nn(C[C@H](O)COc2ccccc2)c(=O)o1. The third-order valence-electron chi connectivity index (χ3n) is 2.68. The molecule has 1 atom stereocenters. The maximum atomic E-state index is 11.5. The van der Waals surface area contributed by atoms with Crippen LogP contribution in [0.5, 0.6) is 5.75 Å². The van der Waals surface area contributed by atoms with E-state index in [2.05, 4.69) is 5.10 Å². The van der Waals surface area contributed by atoms with Crippen LogP contribution < -0.4 is 10.5 Å². The van der Waals surface area contributed by atoms with Crippen molar-refractivity contribution in [3.05, 3.63) is 46.8 Å². The molecule has 0 saturated heterocycles. The number of hydrogen-bond donors (Lipinski definition) is 1. The number of hydrogen-bond acceptors (Lipinski definition) is 5. The Morgan fingerprint density at radius 3 is 2.85 bits per heavy atom. The maximum absolute atomic E-state index is 11.5. The molecule has 0 saturated carbocycles. The molecule has 1 heterocycles. The molecule has 0 fully saturated rings. The van der Waals surface area contributed by atoms with Crippen molar-refractivity contribution in [2.45, 2.75) is 32.4 Å². The van der Waals surface area contributed by atoms with Gasteiger partial charge >= 0.3 is 5.76 Å². The van der Waals surface area contributed by atoms with Gasteiger partial charge in [0.25, 0.3) is 0 Å². The molecule has 2 aromatic rings. The summed E-state index contributed by atoms with van der Waals surface area (Å²) in [5.41, 5.74) is 0. The fourth-order valence-electron chi connectivity index (χ4n) is 1.74. The van der Waals surface area contributed by atoms with Crippen LogP contribution in [0.3, 0.4) is 0 Å². The highest BCUT2D eigenvalue weighted by Gasteiger charge is 2.12. The van der Waals surface area contributed by atoms with E-state index < -0.39 is 11.9 Å². The Balaban J connectivity index is 1.88. The Hall–Kier alpha value is -2.08. The first kappa shape index (κ1) is 14.3. The van der Waals surface area contributed by atoms with Crippen molar-refractivity contribution in [1.29, 1.82) is 0 Å². The van der Waals surface area contributed by atoms with E-state index in [1.165, 1.54) is 0 Å². The summed E-state index contributed by atoms with van der Waals surface area (Å²) in [6, 6.07) is 9.18. The van der Waals surface area contributed by atoms with Gasteiger partial charge < -0.3 is 14.3 Å². The number of ether oxygens (including phenoxy) is 1. The van der Waals surface area contributed by atoms with E-state index in [0.29, 0.717) is 18.1 Å². The van der Waals surface area contributed by atoms with Crippen LogP contribution in [0.1, 0.15) is 19.2 Å². The summed E-state index contributed by atoms with van der Waals surface area (Å²) in [4.78, 5) is 11.5. The summed E-state index contributed by atoms with van der Waals surface area (Å²) in [7, 11) is 0. The lowest BCUT2D eigenvalue weighted by Crippen LogP contribution is -2.29. The smallest absolute Gasteiger partial charge is 0.437 e. The molecule has 0 aliphatic carbocycles. The van der Waals surface area contributed by atoms with Gasteiger partial charge in [-0.3, -0.25) is 0 Å². The second-order valence-electron chi connectivity index (χ2n) is 4.47. The van der Waals surface area contributed by atoms with Gasteiger partial charge in [0, 0.05) is 6.42 Å². The van der Waals surface area contributed by atoms with Gasteiger partial charge in [-0.15, -0.1) is 5.10 Å². The van der Waals surface area contributed by atoms with E-state index in [0.717, 1.165) is 11.1 Å². The van der Waals surface area contributed by atoms with Crippen molar-refractivity contribution in [1.82, 2.24) is 9.78 Å². The molecule has 2 rings (SSSR count). The number of aliphatic hydroxyl groups excluding tert-OH is 1. The van der Waals surface area contributed by atoms with Crippen LogP contribution in [-0.2, 0) is 13.0 Å². The van der Waals surface area contributed by atoms with Gasteiger partial charge in [0.15, 0.2) is 0 Å². The van der Waals surface area contributed by atoms with Crippen molar-refractivity contribution in [3.8, 4) is 5.75 Å². The number of aromatic nitrogens is 2. The molecule has 0 bridgehead atoms. The van der Waals surface area contributed by atoms with Gasteiger partial charge in [0.1, 0.15) is 18.5 Å². The van der Waals surface area contributed by atoms with Crippen molar-refractivity contribution >= 4 is 0 Å². The fourth-order valence-corrected chi connectivity index (χ4v) is 1.74. The lowest BCUT2D eigenvalue weighted by Gasteiger charge is -2.11. The Kier molecular flexibility index (Phi) is 4.95. The molecule has 0 radical (unpaired) electrons. The van der Waals surface area contributed by atoms with Gasteiger partial charge in [-0.25, -0.2) is 4.79 Å². The normalized spacial score (nSPS) is 12.3. The highest BCUT2D eigenvalue weighted by atomic mass is 16.5. The molecular formula is C14H18N2O4. The minimum atomic E-state index is -0.826. The minimum Gasteiger partial charge on any atom is -0.491 e. The highest BCUT2D eigenvalue weighted by molar-refractivity contribution is 5.20. The number of benzene rings is 1. The van der Waals surface area contributed by atoms with Crippen molar-refractivity contribution in [2.75, 3.05) is 6.61 Å². The summed E-state index contributed by atoms with van der Waals surface area (Å²) in [6.07, 6.45) is 0.630. The lowest BCUT2D eigenvalue weighted by atomic mass is 10.3. The molecule has 6 heteroatoms. The monoisotopic (exact) mass is 278 g/mol. The molecule has 1 aromatic heterocycles. The zero-order valence-electron chi connectivity index (χ0n) is 11.4. The molecule has 108 valence electrons. The van der Waals surface area contributed by atoms with Crippen LogP contribution in [0.15, 0.2) is 39.5 Å². The topological polar surface area (TPSA) is 77.5 Å². The van der Waals surface area contributed by atoms with Crippen LogP contribution in [0.25, 0.3) is 0 Å². The summed E-state index contributed by atoms with van der Waals surface area (Å²) in [5, 5.41) is 13.9. The summed E-state index contributed by atoms with van der Waals surface area (Å²) in [5.74, 6) is 0.520. The molecule has 0 aliphatic heterocycles. The fraction of sp³-hybridized carbons (Fsp3) is 0.429. The Morgan fingerprint density at radius 2 is 2.15 bits per heavy atom. The second kappa shape index (κ2) is 6.91. The largest absolute Gasteiger partial charge is 0.491 e. The molecule has 0 unspecified atom stereocenters. The zero-order chi connectivity index (χ0) is 14.4. The maximum Gasteiger partial charge on any atom is 0.437 e. The predicted octanol–water partition coefficient (Wildman–Crippen LogP) is 1.23. The molecular weight excluding hydrogens is 260 g/mol. The summed E-state index contributed by atoms with van der Waals surface area (Å²) in [6.45, 7) is 2.12.